The van der Waals surface area contributed by atoms with Gasteiger partial charge in [-0.25, -0.2) is 0 Å². The lowest BCUT2D eigenvalue weighted by Crippen LogP contribution is -2.42. The molecule has 0 saturated heterocycles. The van der Waals surface area contributed by atoms with Crippen LogP contribution in [0.3, 0.4) is 0 Å². The SMILES string of the molecule is CC(C)(Cc1ccccc1C(F)(F)F)NCCCS(=O)(=O)O. The molecule has 1 aromatic carbocycles. The monoisotopic (exact) mass is 339 g/mol. The van der Waals surface area contributed by atoms with Crippen LogP contribution in [0.15, 0.2) is 24.3 Å². The first-order chi connectivity index (χ1) is 9.91. The van der Waals surface area contributed by atoms with Gasteiger partial charge in [0.1, 0.15) is 0 Å². The third-order valence-electron chi connectivity index (χ3n) is 3.14. The highest BCUT2D eigenvalue weighted by atomic mass is 32.2. The van der Waals surface area contributed by atoms with Gasteiger partial charge in [-0.3, -0.25) is 4.55 Å². The fourth-order valence-corrected chi connectivity index (χ4v) is 2.68. The summed E-state index contributed by atoms with van der Waals surface area (Å²) in [7, 11) is -4.02. The van der Waals surface area contributed by atoms with Crippen LogP contribution in [-0.4, -0.2) is 30.8 Å². The molecule has 0 amide bonds. The van der Waals surface area contributed by atoms with Crippen molar-refractivity contribution in [2.24, 2.45) is 0 Å². The van der Waals surface area contributed by atoms with Crippen molar-refractivity contribution in [1.29, 1.82) is 0 Å². The second-order valence-corrected chi connectivity index (χ2v) is 7.35. The van der Waals surface area contributed by atoms with Crippen molar-refractivity contribution in [1.82, 2.24) is 5.32 Å². The summed E-state index contributed by atoms with van der Waals surface area (Å²) >= 11 is 0. The predicted molar refractivity (Wildman–Crippen MR) is 78.3 cm³/mol. The Labute approximate surface area is 128 Å². The molecule has 0 aliphatic heterocycles. The van der Waals surface area contributed by atoms with E-state index in [1.807, 2.05) is 0 Å². The molecule has 0 spiro atoms. The Morgan fingerprint density at radius 2 is 1.77 bits per heavy atom. The van der Waals surface area contributed by atoms with Crippen LogP contribution in [0.2, 0.25) is 0 Å². The predicted octanol–water partition coefficient (Wildman–Crippen LogP) is 2.89. The lowest BCUT2D eigenvalue weighted by Gasteiger charge is -2.28. The summed E-state index contributed by atoms with van der Waals surface area (Å²) in [6, 6.07) is 5.38. The van der Waals surface area contributed by atoms with Crippen molar-refractivity contribution in [2.75, 3.05) is 12.3 Å². The zero-order valence-electron chi connectivity index (χ0n) is 12.4. The van der Waals surface area contributed by atoms with Crippen LogP contribution < -0.4 is 5.32 Å². The minimum absolute atomic E-state index is 0.147. The summed E-state index contributed by atoms with van der Waals surface area (Å²) < 4.78 is 68.7. The number of halogens is 3. The van der Waals surface area contributed by atoms with E-state index in [0.717, 1.165) is 6.07 Å². The average molecular weight is 339 g/mol. The molecule has 0 unspecified atom stereocenters. The van der Waals surface area contributed by atoms with Crippen LogP contribution in [0.4, 0.5) is 13.2 Å². The first-order valence-corrected chi connectivity index (χ1v) is 8.37. The number of nitrogens with one attached hydrogen (secondary N) is 1. The molecule has 0 atom stereocenters. The van der Waals surface area contributed by atoms with E-state index >= 15 is 0 Å². The van der Waals surface area contributed by atoms with E-state index in [2.05, 4.69) is 5.32 Å². The Hall–Kier alpha value is -1.12. The zero-order valence-corrected chi connectivity index (χ0v) is 13.3. The number of benzene rings is 1. The molecule has 0 aliphatic rings. The van der Waals surface area contributed by atoms with Crippen molar-refractivity contribution in [3.8, 4) is 0 Å². The van der Waals surface area contributed by atoms with E-state index in [0.29, 0.717) is 0 Å². The van der Waals surface area contributed by atoms with E-state index in [-0.39, 0.29) is 30.7 Å². The van der Waals surface area contributed by atoms with Gasteiger partial charge in [-0.05, 0) is 44.9 Å². The summed E-state index contributed by atoms with van der Waals surface area (Å²) in [6.07, 6.45) is -4.07. The topological polar surface area (TPSA) is 66.4 Å². The maximum absolute atomic E-state index is 12.9. The molecule has 1 rings (SSSR count). The zero-order chi connectivity index (χ0) is 17.0. The minimum atomic E-state index is -4.41. The highest BCUT2D eigenvalue weighted by Gasteiger charge is 2.34. The van der Waals surface area contributed by atoms with Gasteiger partial charge in [-0.15, -0.1) is 0 Å². The van der Waals surface area contributed by atoms with Gasteiger partial charge in [0.2, 0.25) is 0 Å². The van der Waals surface area contributed by atoms with E-state index in [1.54, 1.807) is 19.9 Å². The lowest BCUT2D eigenvalue weighted by molar-refractivity contribution is -0.138. The highest BCUT2D eigenvalue weighted by Crippen LogP contribution is 2.33. The first kappa shape index (κ1) is 18.9. The van der Waals surface area contributed by atoms with Crippen molar-refractivity contribution in [3.05, 3.63) is 35.4 Å². The van der Waals surface area contributed by atoms with Gasteiger partial charge in [-0.2, -0.15) is 21.6 Å². The Kier molecular flexibility index (Phi) is 6.00. The molecule has 126 valence electrons. The van der Waals surface area contributed by atoms with Gasteiger partial charge in [0.05, 0.1) is 11.3 Å². The van der Waals surface area contributed by atoms with E-state index in [1.165, 1.54) is 12.1 Å². The number of alkyl halides is 3. The van der Waals surface area contributed by atoms with Gasteiger partial charge < -0.3 is 5.32 Å². The quantitative estimate of drug-likeness (QED) is 0.592. The third-order valence-corrected chi connectivity index (χ3v) is 3.94. The van der Waals surface area contributed by atoms with E-state index < -0.39 is 27.4 Å². The molecule has 0 heterocycles. The smallest absolute Gasteiger partial charge is 0.311 e. The van der Waals surface area contributed by atoms with Gasteiger partial charge in [0.25, 0.3) is 10.1 Å². The standard InChI is InChI=1S/C14H20F3NO3S/c1-13(2,18-8-5-9-22(19,20)21)10-11-6-3-4-7-12(11)14(15,16)17/h3-4,6-7,18H,5,8-10H2,1-2H3,(H,19,20,21). The molecular formula is C14H20F3NO3S. The maximum Gasteiger partial charge on any atom is 0.416 e. The largest absolute Gasteiger partial charge is 0.416 e. The summed E-state index contributed by atoms with van der Waals surface area (Å²) in [6.45, 7) is 3.77. The Balaban J connectivity index is 2.69. The highest BCUT2D eigenvalue weighted by molar-refractivity contribution is 7.85. The summed E-state index contributed by atoms with van der Waals surface area (Å²) in [5.41, 5.74) is -1.12. The molecule has 22 heavy (non-hydrogen) atoms. The molecule has 8 heteroatoms. The van der Waals surface area contributed by atoms with Gasteiger partial charge in [0, 0.05) is 5.54 Å². The molecule has 2 N–H and O–H groups in total. The van der Waals surface area contributed by atoms with Gasteiger partial charge in [0.15, 0.2) is 0 Å². The molecule has 4 nitrogen and oxygen atoms in total. The Bertz CT molecular complexity index is 598. The lowest BCUT2D eigenvalue weighted by atomic mass is 9.91. The summed E-state index contributed by atoms with van der Waals surface area (Å²) in [4.78, 5) is 0. The fourth-order valence-electron chi connectivity index (χ4n) is 2.17. The van der Waals surface area contributed by atoms with E-state index in [4.69, 9.17) is 4.55 Å². The van der Waals surface area contributed by atoms with Crippen LogP contribution in [0, 0.1) is 0 Å². The van der Waals surface area contributed by atoms with Crippen molar-refractivity contribution >= 4 is 10.1 Å². The first-order valence-electron chi connectivity index (χ1n) is 6.76. The van der Waals surface area contributed by atoms with Crippen LogP contribution in [0.5, 0.6) is 0 Å². The normalized spacial score (nSPS) is 13.4. The van der Waals surface area contributed by atoms with Crippen LogP contribution in [-0.2, 0) is 22.7 Å². The second-order valence-electron chi connectivity index (χ2n) is 5.78. The molecule has 0 saturated carbocycles. The summed E-state index contributed by atoms with van der Waals surface area (Å²) in [5, 5.41) is 3.02. The average Bonchev–Trinajstić information content (AvgIpc) is 2.32. The molecule has 0 aromatic heterocycles. The summed E-state index contributed by atoms with van der Waals surface area (Å²) in [5.74, 6) is -0.380. The van der Waals surface area contributed by atoms with Crippen LogP contribution in [0.1, 0.15) is 31.4 Å². The Morgan fingerprint density at radius 1 is 1.18 bits per heavy atom. The molecule has 1 aromatic rings. The van der Waals surface area contributed by atoms with Crippen LogP contribution >= 0.6 is 0 Å². The number of hydrogen-bond acceptors (Lipinski definition) is 3. The van der Waals surface area contributed by atoms with Gasteiger partial charge >= 0.3 is 6.18 Å². The number of rotatable bonds is 7. The second kappa shape index (κ2) is 6.97. The molecular weight excluding hydrogens is 319 g/mol. The molecule has 0 aliphatic carbocycles. The van der Waals surface area contributed by atoms with Crippen molar-refractivity contribution in [2.45, 2.75) is 38.4 Å². The van der Waals surface area contributed by atoms with Crippen LogP contribution in [0.25, 0.3) is 0 Å². The molecule has 0 radical (unpaired) electrons. The van der Waals surface area contributed by atoms with Gasteiger partial charge in [-0.1, -0.05) is 18.2 Å². The number of hydrogen-bond donors (Lipinski definition) is 2. The fraction of sp³-hybridized carbons (Fsp3) is 0.571. The van der Waals surface area contributed by atoms with Crippen molar-refractivity contribution in [3.63, 3.8) is 0 Å². The van der Waals surface area contributed by atoms with Crippen molar-refractivity contribution < 1.29 is 26.1 Å². The third kappa shape index (κ3) is 6.76. The molecule has 0 bridgehead atoms. The van der Waals surface area contributed by atoms with E-state index in [9.17, 15) is 21.6 Å². The Morgan fingerprint density at radius 3 is 2.32 bits per heavy atom. The minimum Gasteiger partial charge on any atom is -0.311 e. The molecule has 0 fully saturated rings. The maximum atomic E-state index is 12.9.